The number of nitrogens with one attached hydrogen (secondary N) is 1. The van der Waals surface area contributed by atoms with Crippen LogP contribution in [0.4, 0.5) is 0 Å². The van der Waals surface area contributed by atoms with Crippen molar-refractivity contribution in [2.45, 2.75) is 18.6 Å². The number of aliphatic hydroxyl groups excluding tert-OH is 1. The first kappa shape index (κ1) is 9.49. The van der Waals surface area contributed by atoms with Gasteiger partial charge < -0.3 is 15.2 Å². The lowest BCUT2D eigenvalue weighted by molar-refractivity contribution is 0.153. The van der Waals surface area contributed by atoms with E-state index in [2.05, 4.69) is 5.32 Å². The molecule has 1 aliphatic heterocycles. The Bertz CT molecular complexity index is 314. The SMILES string of the molecule is CN[C@H]1COc2ccccc2[C@@H](O)C1. The third kappa shape index (κ3) is 1.74. The summed E-state index contributed by atoms with van der Waals surface area (Å²) in [5.41, 5.74) is 0.894. The van der Waals surface area contributed by atoms with Crippen molar-refractivity contribution in [2.24, 2.45) is 0 Å². The molecule has 3 nitrogen and oxygen atoms in total. The molecule has 0 saturated carbocycles. The van der Waals surface area contributed by atoms with E-state index < -0.39 is 6.10 Å². The maximum Gasteiger partial charge on any atom is 0.125 e. The van der Waals surface area contributed by atoms with Crippen molar-refractivity contribution in [3.8, 4) is 5.75 Å². The molecule has 0 spiro atoms. The molecule has 0 bridgehead atoms. The van der Waals surface area contributed by atoms with Gasteiger partial charge in [-0.05, 0) is 19.5 Å². The van der Waals surface area contributed by atoms with Crippen LogP contribution in [0.15, 0.2) is 24.3 Å². The third-order valence-corrected chi connectivity index (χ3v) is 2.63. The Balaban J connectivity index is 2.26. The van der Waals surface area contributed by atoms with Gasteiger partial charge in [-0.3, -0.25) is 0 Å². The molecule has 0 radical (unpaired) electrons. The van der Waals surface area contributed by atoms with E-state index in [9.17, 15) is 5.11 Å². The average molecular weight is 193 g/mol. The Morgan fingerprint density at radius 1 is 1.43 bits per heavy atom. The minimum Gasteiger partial charge on any atom is -0.492 e. The number of hydrogen-bond donors (Lipinski definition) is 2. The first-order valence-electron chi connectivity index (χ1n) is 4.88. The van der Waals surface area contributed by atoms with E-state index in [0.717, 1.165) is 11.3 Å². The van der Waals surface area contributed by atoms with Gasteiger partial charge in [-0.15, -0.1) is 0 Å². The number of rotatable bonds is 1. The lowest BCUT2D eigenvalue weighted by Crippen LogP contribution is -2.31. The van der Waals surface area contributed by atoms with Gasteiger partial charge >= 0.3 is 0 Å². The number of fused-ring (bicyclic) bond motifs is 1. The first-order valence-corrected chi connectivity index (χ1v) is 4.88. The zero-order valence-corrected chi connectivity index (χ0v) is 8.23. The zero-order chi connectivity index (χ0) is 9.97. The molecule has 0 fully saturated rings. The van der Waals surface area contributed by atoms with E-state index in [0.29, 0.717) is 13.0 Å². The summed E-state index contributed by atoms with van der Waals surface area (Å²) >= 11 is 0. The number of benzene rings is 1. The molecule has 1 aromatic carbocycles. The predicted octanol–water partition coefficient (Wildman–Crippen LogP) is 1.09. The van der Waals surface area contributed by atoms with Crippen LogP contribution in [0.3, 0.4) is 0 Å². The van der Waals surface area contributed by atoms with Crippen LogP contribution >= 0.6 is 0 Å². The highest BCUT2D eigenvalue weighted by atomic mass is 16.5. The Morgan fingerprint density at radius 3 is 3.00 bits per heavy atom. The normalized spacial score (nSPS) is 26.1. The van der Waals surface area contributed by atoms with E-state index >= 15 is 0 Å². The van der Waals surface area contributed by atoms with Crippen LogP contribution in [0, 0.1) is 0 Å². The number of aliphatic hydroxyl groups is 1. The summed E-state index contributed by atoms with van der Waals surface area (Å²) in [6.07, 6.45) is 0.277. The smallest absolute Gasteiger partial charge is 0.125 e. The molecule has 3 heteroatoms. The van der Waals surface area contributed by atoms with Crippen molar-refractivity contribution >= 4 is 0 Å². The van der Waals surface area contributed by atoms with Crippen molar-refractivity contribution in [1.82, 2.24) is 5.32 Å². The molecule has 0 aromatic heterocycles. The van der Waals surface area contributed by atoms with E-state index in [4.69, 9.17) is 4.74 Å². The minimum absolute atomic E-state index is 0.220. The van der Waals surface area contributed by atoms with Gasteiger partial charge in [0.05, 0.1) is 6.10 Å². The van der Waals surface area contributed by atoms with Crippen LogP contribution in [0.1, 0.15) is 18.1 Å². The minimum atomic E-state index is -0.425. The molecule has 76 valence electrons. The standard InChI is InChI=1S/C11H15NO2/c1-12-8-6-10(13)9-4-2-3-5-11(9)14-7-8/h2-5,8,10,12-13H,6-7H2,1H3/t8-,10+/m1/s1. The van der Waals surface area contributed by atoms with Crippen LogP contribution in [-0.4, -0.2) is 24.8 Å². The summed E-state index contributed by atoms with van der Waals surface area (Å²) in [5.74, 6) is 0.803. The molecule has 1 heterocycles. The van der Waals surface area contributed by atoms with Crippen molar-refractivity contribution < 1.29 is 9.84 Å². The monoisotopic (exact) mass is 193 g/mol. The summed E-state index contributed by atoms with van der Waals surface area (Å²) in [6.45, 7) is 0.616. The molecule has 1 aromatic rings. The number of ether oxygens (including phenoxy) is 1. The Morgan fingerprint density at radius 2 is 2.21 bits per heavy atom. The van der Waals surface area contributed by atoms with E-state index in [1.807, 2.05) is 31.3 Å². The molecule has 1 aliphatic rings. The van der Waals surface area contributed by atoms with Crippen LogP contribution in [0.5, 0.6) is 5.75 Å². The largest absolute Gasteiger partial charge is 0.492 e. The second-order valence-electron chi connectivity index (χ2n) is 3.59. The highest BCUT2D eigenvalue weighted by molar-refractivity contribution is 5.35. The highest BCUT2D eigenvalue weighted by Crippen LogP contribution is 2.30. The average Bonchev–Trinajstić information content (AvgIpc) is 2.39. The maximum atomic E-state index is 9.92. The molecule has 0 saturated heterocycles. The van der Waals surface area contributed by atoms with Gasteiger partial charge in [0.2, 0.25) is 0 Å². The van der Waals surface area contributed by atoms with Gasteiger partial charge in [-0.2, -0.15) is 0 Å². The van der Waals surface area contributed by atoms with Gasteiger partial charge in [0.25, 0.3) is 0 Å². The molecular weight excluding hydrogens is 178 g/mol. The topological polar surface area (TPSA) is 41.5 Å². The maximum absolute atomic E-state index is 9.92. The number of hydrogen-bond acceptors (Lipinski definition) is 3. The van der Waals surface area contributed by atoms with Gasteiger partial charge in [0.15, 0.2) is 0 Å². The zero-order valence-electron chi connectivity index (χ0n) is 8.23. The van der Waals surface area contributed by atoms with Crippen LogP contribution in [0.25, 0.3) is 0 Å². The van der Waals surface area contributed by atoms with Gasteiger partial charge in [-0.25, -0.2) is 0 Å². The molecule has 0 aliphatic carbocycles. The molecular formula is C11H15NO2. The number of likely N-dealkylation sites (N-methyl/N-ethyl adjacent to an activating group) is 1. The van der Waals surface area contributed by atoms with Crippen LogP contribution in [0.2, 0.25) is 0 Å². The molecule has 2 rings (SSSR count). The fraction of sp³-hybridized carbons (Fsp3) is 0.455. The quantitative estimate of drug-likeness (QED) is 0.701. The predicted molar refractivity (Wildman–Crippen MR) is 54.4 cm³/mol. The van der Waals surface area contributed by atoms with Crippen LogP contribution < -0.4 is 10.1 Å². The van der Waals surface area contributed by atoms with Crippen LogP contribution in [-0.2, 0) is 0 Å². The summed E-state index contributed by atoms with van der Waals surface area (Å²) in [4.78, 5) is 0. The fourth-order valence-corrected chi connectivity index (χ4v) is 1.74. The Hall–Kier alpha value is -1.06. The lowest BCUT2D eigenvalue weighted by atomic mass is 10.0. The van der Waals surface area contributed by atoms with E-state index in [1.165, 1.54) is 0 Å². The fourth-order valence-electron chi connectivity index (χ4n) is 1.74. The summed E-state index contributed by atoms with van der Waals surface area (Å²) in [6, 6.07) is 7.88. The van der Waals surface area contributed by atoms with Crippen molar-refractivity contribution in [3.05, 3.63) is 29.8 Å². The van der Waals surface area contributed by atoms with E-state index in [1.54, 1.807) is 0 Å². The summed E-state index contributed by atoms with van der Waals surface area (Å²) in [5, 5.41) is 13.0. The summed E-state index contributed by atoms with van der Waals surface area (Å²) in [7, 11) is 1.89. The molecule has 0 unspecified atom stereocenters. The van der Waals surface area contributed by atoms with Gasteiger partial charge in [-0.1, -0.05) is 18.2 Å². The highest BCUT2D eigenvalue weighted by Gasteiger charge is 2.22. The number of para-hydroxylation sites is 1. The second kappa shape index (κ2) is 3.98. The summed E-state index contributed by atoms with van der Waals surface area (Å²) < 4.78 is 5.60. The molecule has 14 heavy (non-hydrogen) atoms. The lowest BCUT2D eigenvalue weighted by Gasteiger charge is -2.14. The van der Waals surface area contributed by atoms with Crippen molar-refractivity contribution in [2.75, 3.05) is 13.7 Å². The third-order valence-electron chi connectivity index (χ3n) is 2.63. The van der Waals surface area contributed by atoms with Gasteiger partial charge in [0, 0.05) is 11.6 Å². The van der Waals surface area contributed by atoms with Gasteiger partial charge in [0.1, 0.15) is 12.4 Å². The first-order chi connectivity index (χ1) is 6.81. The van der Waals surface area contributed by atoms with Crippen molar-refractivity contribution in [1.29, 1.82) is 0 Å². The molecule has 0 amide bonds. The molecule has 2 atom stereocenters. The Labute approximate surface area is 83.7 Å². The van der Waals surface area contributed by atoms with Crippen molar-refractivity contribution in [3.63, 3.8) is 0 Å². The Kier molecular flexibility index (Phi) is 2.70. The molecule has 2 N–H and O–H groups in total. The second-order valence-corrected chi connectivity index (χ2v) is 3.59. The van der Waals surface area contributed by atoms with E-state index in [-0.39, 0.29) is 6.04 Å².